The van der Waals surface area contributed by atoms with Gasteiger partial charge < -0.3 is 10.0 Å². The molecule has 94 valence electrons. The van der Waals surface area contributed by atoms with Crippen molar-refractivity contribution >= 4 is 5.91 Å². The lowest BCUT2D eigenvalue weighted by Gasteiger charge is -2.19. The number of aromatic nitrogens is 4. The number of rotatable bonds is 5. The van der Waals surface area contributed by atoms with Gasteiger partial charge in [-0.3, -0.25) is 4.79 Å². The van der Waals surface area contributed by atoms with Crippen LogP contribution in [-0.4, -0.2) is 49.7 Å². The Balaban J connectivity index is 2.11. The number of hydrogen-bond donors (Lipinski definition) is 2. The lowest BCUT2D eigenvalue weighted by molar-refractivity contribution is 0.0695. The lowest BCUT2D eigenvalue weighted by Crippen LogP contribution is -2.33. The Morgan fingerprint density at radius 2 is 2.11 bits per heavy atom. The zero-order valence-corrected chi connectivity index (χ0v) is 9.65. The van der Waals surface area contributed by atoms with Gasteiger partial charge >= 0.3 is 0 Å². The molecule has 0 unspecified atom stereocenters. The third-order valence-corrected chi connectivity index (χ3v) is 2.41. The van der Waals surface area contributed by atoms with Gasteiger partial charge in [-0.2, -0.15) is 5.21 Å². The van der Waals surface area contributed by atoms with E-state index >= 15 is 0 Å². The SMILES string of the molecule is O=C(c1nn[nH]n1)N(CCO)Cc1ccccc1. The molecule has 0 radical (unpaired) electrons. The topological polar surface area (TPSA) is 95.0 Å². The molecule has 0 aliphatic rings. The fourth-order valence-corrected chi connectivity index (χ4v) is 1.57. The molecule has 2 rings (SSSR count). The number of aliphatic hydroxyl groups excluding tert-OH is 1. The first-order chi connectivity index (χ1) is 8.81. The average Bonchev–Trinajstić information content (AvgIpc) is 2.92. The maximum Gasteiger partial charge on any atom is 0.295 e. The molecule has 1 amide bonds. The summed E-state index contributed by atoms with van der Waals surface area (Å²) in [6, 6.07) is 9.51. The standard InChI is InChI=1S/C11H13N5O2/c17-7-6-16(8-9-4-2-1-3-5-9)11(18)10-12-14-15-13-10/h1-5,17H,6-8H2,(H,12,13,14,15). The number of amides is 1. The minimum Gasteiger partial charge on any atom is -0.395 e. The monoisotopic (exact) mass is 247 g/mol. The van der Waals surface area contributed by atoms with Crippen molar-refractivity contribution in [1.82, 2.24) is 25.5 Å². The van der Waals surface area contributed by atoms with Gasteiger partial charge in [0.25, 0.3) is 11.7 Å². The fourth-order valence-electron chi connectivity index (χ4n) is 1.57. The summed E-state index contributed by atoms with van der Waals surface area (Å²) < 4.78 is 0. The van der Waals surface area contributed by atoms with E-state index in [2.05, 4.69) is 20.6 Å². The summed E-state index contributed by atoms with van der Waals surface area (Å²) in [5.74, 6) is -0.360. The van der Waals surface area contributed by atoms with Crippen LogP contribution >= 0.6 is 0 Å². The number of benzene rings is 1. The van der Waals surface area contributed by atoms with Crippen LogP contribution in [0.2, 0.25) is 0 Å². The van der Waals surface area contributed by atoms with Crippen molar-refractivity contribution in [3.05, 3.63) is 41.7 Å². The zero-order valence-electron chi connectivity index (χ0n) is 9.65. The molecule has 0 fully saturated rings. The van der Waals surface area contributed by atoms with Crippen LogP contribution in [0.25, 0.3) is 0 Å². The Kier molecular flexibility index (Phi) is 3.98. The summed E-state index contributed by atoms with van der Waals surface area (Å²) in [7, 11) is 0. The number of carbonyl (C=O) groups is 1. The summed E-state index contributed by atoms with van der Waals surface area (Å²) in [5, 5.41) is 21.9. The van der Waals surface area contributed by atoms with Crippen LogP contribution in [0.15, 0.2) is 30.3 Å². The number of tetrazole rings is 1. The number of nitrogens with zero attached hydrogens (tertiary/aromatic N) is 4. The molecule has 0 spiro atoms. The van der Waals surface area contributed by atoms with Crippen LogP contribution in [0.4, 0.5) is 0 Å². The lowest BCUT2D eigenvalue weighted by atomic mass is 10.2. The first kappa shape index (κ1) is 12.2. The van der Waals surface area contributed by atoms with Gasteiger partial charge in [0.15, 0.2) is 0 Å². The van der Waals surface area contributed by atoms with Crippen LogP contribution in [-0.2, 0) is 6.54 Å². The van der Waals surface area contributed by atoms with Crippen molar-refractivity contribution in [2.24, 2.45) is 0 Å². The Bertz CT molecular complexity index is 485. The zero-order chi connectivity index (χ0) is 12.8. The van der Waals surface area contributed by atoms with E-state index in [0.717, 1.165) is 5.56 Å². The number of H-pyrrole nitrogens is 1. The first-order valence-electron chi connectivity index (χ1n) is 5.49. The molecule has 1 aromatic heterocycles. The number of nitrogens with one attached hydrogen (secondary N) is 1. The third-order valence-electron chi connectivity index (χ3n) is 2.41. The Morgan fingerprint density at radius 3 is 2.72 bits per heavy atom. The minimum absolute atomic E-state index is 0.000573. The van der Waals surface area contributed by atoms with Gasteiger partial charge in [-0.15, -0.1) is 10.2 Å². The quantitative estimate of drug-likeness (QED) is 0.765. The molecule has 0 bridgehead atoms. The van der Waals surface area contributed by atoms with Gasteiger partial charge in [-0.25, -0.2) is 0 Å². The van der Waals surface area contributed by atoms with Crippen molar-refractivity contribution in [1.29, 1.82) is 0 Å². The molecule has 0 saturated carbocycles. The van der Waals surface area contributed by atoms with E-state index in [1.807, 2.05) is 30.3 Å². The van der Waals surface area contributed by atoms with Gasteiger partial charge in [-0.1, -0.05) is 30.3 Å². The maximum atomic E-state index is 12.0. The van der Waals surface area contributed by atoms with Crippen molar-refractivity contribution in [3.63, 3.8) is 0 Å². The van der Waals surface area contributed by atoms with Crippen molar-refractivity contribution < 1.29 is 9.90 Å². The normalized spacial score (nSPS) is 10.3. The Labute approximate surface area is 103 Å². The molecule has 7 nitrogen and oxygen atoms in total. The predicted molar refractivity (Wildman–Crippen MR) is 62.4 cm³/mol. The first-order valence-corrected chi connectivity index (χ1v) is 5.49. The molecular formula is C11H13N5O2. The predicted octanol–water partition coefficient (Wildman–Crippen LogP) is -0.166. The van der Waals surface area contributed by atoms with Gasteiger partial charge in [-0.05, 0) is 10.8 Å². The Morgan fingerprint density at radius 1 is 1.33 bits per heavy atom. The number of aliphatic hydroxyl groups is 1. The van der Waals surface area contributed by atoms with E-state index in [4.69, 9.17) is 5.11 Å². The average molecular weight is 247 g/mol. The molecule has 0 aliphatic heterocycles. The largest absolute Gasteiger partial charge is 0.395 e. The molecule has 0 atom stereocenters. The smallest absolute Gasteiger partial charge is 0.295 e. The van der Waals surface area contributed by atoms with Crippen molar-refractivity contribution in [3.8, 4) is 0 Å². The molecule has 18 heavy (non-hydrogen) atoms. The van der Waals surface area contributed by atoms with E-state index in [9.17, 15) is 4.79 Å². The van der Waals surface area contributed by atoms with Crippen LogP contribution in [0.5, 0.6) is 0 Å². The maximum absolute atomic E-state index is 12.0. The third kappa shape index (κ3) is 2.89. The van der Waals surface area contributed by atoms with E-state index in [1.165, 1.54) is 4.90 Å². The summed E-state index contributed by atoms with van der Waals surface area (Å²) in [6.45, 7) is 0.507. The van der Waals surface area contributed by atoms with Crippen molar-refractivity contribution in [2.45, 2.75) is 6.54 Å². The van der Waals surface area contributed by atoms with Gasteiger partial charge in [0.2, 0.25) is 0 Å². The van der Waals surface area contributed by atoms with Gasteiger partial charge in [0.1, 0.15) is 0 Å². The number of aromatic amines is 1. The van der Waals surface area contributed by atoms with E-state index in [-0.39, 0.29) is 24.9 Å². The fraction of sp³-hybridized carbons (Fsp3) is 0.273. The molecule has 2 aromatic rings. The molecule has 0 aliphatic carbocycles. The minimum atomic E-state index is -0.360. The molecule has 1 aromatic carbocycles. The molecular weight excluding hydrogens is 234 g/mol. The summed E-state index contributed by atoms with van der Waals surface area (Å²) in [5.41, 5.74) is 0.975. The van der Waals surface area contributed by atoms with Gasteiger partial charge in [0, 0.05) is 13.1 Å². The highest BCUT2D eigenvalue weighted by molar-refractivity contribution is 5.90. The highest BCUT2D eigenvalue weighted by atomic mass is 16.3. The molecule has 0 saturated heterocycles. The second kappa shape index (κ2) is 5.87. The number of hydrogen-bond acceptors (Lipinski definition) is 5. The summed E-state index contributed by atoms with van der Waals surface area (Å²) >= 11 is 0. The van der Waals surface area contributed by atoms with Crippen molar-refractivity contribution in [2.75, 3.05) is 13.2 Å². The number of carbonyl (C=O) groups excluding carboxylic acids is 1. The second-order valence-corrected chi connectivity index (χ2v) is 3.67. The van der Waals surface area contributed by atoms with Crippen LogP contribution in [0.3, 0.4) is 0 Å². The molecule has 1 heterocycles. The second-order valence-electron chi connectivity index (χ2n) is 3.67. The highest BCUT2D eigenvalue weighted by Gasteiger charge is 2.19. The van der Waals surface area contributed by atoms with E-state index in [0.29, 0.717) is 6.54 Å². The highest BCUT2D eigenvalue weighted by Crippen LogP contribution is 2.06. The molecule has 7 heteroatoms. The molecule has 2 N–H and O–H groups in total. The van der Waals surface area contributed by atoms with Crippen LogP contribution in [0.1, 0.15) is 16.2 Å². The van der Waals surface area contributed by atoms with Crippen LogP contribution in [0, 0.1) is 0 Å². The summed E-state index contributed by atoms with van der Waals surface area (Å²) in [4.78, 5) is 13.5. The Hall–Kier alpha value is -2.28. The van der Waals surface area contributed by atoms with E-state index in [1.54, 1.807) is 0 Å². The van der Waals surface area contributed by atoms with E-state index < -0.39 is 0 Å². The van der Waals surface area contributed by atoms with Crippen LogP contribution < -0.4 is 0 Å². The van der Waals surface area contributed by atoms with Gasteiger partial charge in [0.05, 0.1) is 6.61 Å². The summed E-state index contributed by atoms with van der Waals surface area (Å²) in [6.07, 6.45) is 0.